The minimum atomic E-state index is -0.0271. The van der Waals surface area contributed by atoms with Crippen LogP contribution in [0.15, 0.2) is 24.3 Å². The number of rotatable bonds is 7. The van der Waals surface area contributed by atoms with Crippen LogP contribution >= 0.6 is 11.6 Å². The van der Waals surface area contributed by atoms with Crippen molar-refractivity contribution in [1.82, 2.24) is 10.2 Å². The van der Waals surface area contributed by atoms with E-state index in [-0.39, 0.29) is 11.9 Å². The molecule has 106 valence electrons. The molecule has 0 spiro atoms. The third kappa shape index (κ3) is 5.21. The molecule has 3 nitrogen and oxygen atoms in total. The van der Waals surface area contributed by atoms with Crippen molar-refractivity contribution in [2.75, 3.05) is 19.6 Å². The van der Waals surface area contributed by atoms with Crippen LogP contribution in [0, 0.1) is 0 Å². The molecule has 1 N–H and O–H groups in total. The molecule has 1 aromatic carbocycles. The molecule has 0 heterocycles. The van der Waals surface area contributed by atoms with E-state index in [1.807, 2.05) is 31.2 Å². The molecule has 1 atom stereocenters. The molecule has 19 heavy (non-hydrogen) atoms. The molecule has 0 fully saturated rings. The Kier molecular flexibility index (Phi) is 6.89. The second-order valence-electron chi connectivity index (χ2n) is 4.69. The summed E-state index contributed by atoms with van der Waals surface area (Å²) < 4.78 is 0. The van der Waals surface area contributed by atoms with Crippen molar-refractivity contribution in [2.24, 2.45) is 0 Å². The number of nitrogens with one attached hydrogen (secondary N) is 1. The van der Waals surface area contributed by atoms with Gasteiger partial charge in [-0.25, -0.2) is 0 Å². The first-order valence-electron chi connectivity index (χ1n) is 6.78. The molecule has 1 amide bonds. The van der Waals surface area contributed by atoms with Crippen LogP contribution in [-0.2, 0) is 5.88 Å². The van der Waals surface area contributed by atoms with E-state index >= 15 is 0 Å². The molecular formula is C15H23ClN2O. The molecule has 0 aromatic heterocycles. The van der Waals surface area contributed by atoms with Crippen molar-refractivity contribution in [3.8, 4) is 0 Å². The Hall–Kier alpha value is -1.06. The standard InChI is InChI=1S/C15H23ClN2O/c1-4-18(5-2)11-12(3)17-15(19)14-8-6-13(10-16)7-9-14/h6-9,12H,4-5,10-11H2,1-3H3,(H,17,19). The highest BCUT2D eigenvalue weighted by Crippen LogP contribution is 2.07. The van der Waals surface area contributed by atoms with Gasteiger partial charge in [0.2, 0.25) is 0 Å². The number of hydrogen-bond acceptors (Lipinski definition) is 2. The summed E-state index contributed by atoms with van der Waals surface area (Å²) in [6.07, 6.45) is 0. The summed E-state index contributed by atoms with van der Waals surface area (Å²) in [5.41, 5.74) is 1.70. The lowest BCUT2D eigenvalue weighted by Crippen LogP contribution is -2.41. The topological polar surface area (TPSA) is 32.3 Å². The maximum Gasteiger partial charge on any atom is 0.251 e. The zero-order valence-corrected chi connectivity index (χ0v) is 12.7. The second-order valence-corrected chi connectivity index (χ2v) is 4.96. The highest BCUT2D eigenvalue weighted by Gasteiger charge is 2.11. The Bertz CT molecular complexity index is 388. The lowest BCUT2D eigenvalue weighted by Gasteiger charge is -2.23. The van der Waals surface area contributed by atoms with Crippen LogP contribution in [0.3, 0.4) is 0 Å². The van der Waals surface area contributed by atoms with Crippen molar-refractivity contribution in [1.29, 1.82) is 0 Å². The number of amides is 1. The smallest absolute Gasteiger partial charge is 0.251 e. The first-order valence-corrected chi connectivity index (χ1v) is 7.32. The summed E-state index contributed by atoms with van der Waals surface area (Å²) in [4.78, 5) is 14.3. The van der Waals surface area contributed by atoms with Gasteiger partial charge in [-0.3, -0.25) is 4.79 Å². The Morgan fingerprint density at radius 1 is 1.26 bits per heavy atom. The van der Waals surface area contributed by atoms with E-state index in [0.29, 0.717) is 11.4 Å². The minimum Gasteiger partial charge on any atom is -0.348 e. The van der Waals surface area contributed by atoms with Crippen molar-refractivity contribution >= 4 is 17.5 Å². The van der Waals surface area contributed by atoms with Gasteiger partial charge in [0.15, 0.2) is 0 Å². The van der Waals surface area contributed by atoms with Gasteiger partial charge in [-0.05, 0) is 37.7 Å². The van der Waals surface area contributed by atoms with Gasteiger partial charge < -0.3 is 10.2 Å². The minimum absolute atomic E-state index is 0.0271. The van der Waals surface area contributed by atoms with Crippen LogP contribution < -0.4 is 5.32 Å². The summed E-state index contributed by atoms with van der Waals surface area (Å²) in [5, 5.41) is 3.02. The van der Waals surface area contributed by atoms with E-state index in [1.54, 1.807) is 0 Å². The van der Waals surface area contributed by atoms with Crippen LogP contribution in [0.1, 0.15) is 36.7 Å². The Morgan fingerprint density at radius 3 is 2.32 bits per heavy atom. The zero-order valence-electron chi connectivity index (χ0n) is 11.9. The molecule has 0 aliphatic carbocycles. The van der Waals surface area contributed by atoms with E-state index in [0.717, 1.165) is 25.2 Å². The summed E-state index contributed by atoms with van der Waals surface area (Å²) >= 11 is 5.73. The quantitative estimate of drug-likeness (QED) is 0.780. The van der Waals surface area contributed by atoms with E-state index in [4.69, 9.17) is 11.6 Å². The molecule has 0 radical (unpaired) electrons. The number of hydrogen-bond donors (Lipinski definition) is 1. The molecule has 0 saturated heterocycles. The maximum absolute atomic E-state index is 12.1. The van der Waals surface area contributed by atoms with Crippen LogP contribution in [0.4, 0.5) is 0 Å². The fraction of sp³-hybridized carbons (Fsp3) is 0.533. The molecule has 1 aromatic rings. The fourth-order valence-corrected chi connectivity index (χ4v) is 2.15. The summed E-state index contributed by atoms with van der Waals surface area (Å²) in [7, 11) is 0. The van der Waals surface area contributed by atoms with E-state index in [1.165, 1.54) is 0 Å². The predicted molar refractivity (Wildman–Crippen MR) is 80.7 cm³/mol. The van der Waals surface area contributed by atoms with Crippen molar-refractivity contribution in [3.63, 3.8) is 0 Å². The number of carbonyl (C=O) groups excluding carboxylic acids is 1. The average molecular weight is 283 g/mol. The molecular weight excluding hydrogens is 260 g/mol. The van der Waals surface area contributed by atoms with Crippen LogP contribution in [0.2, 0.25) is 0 Å². The normalized spacial score (nSPS) is 12.5. The maximum atomic E-state index is 12.1. The third-order valence-electron chi connectivity index (χ3n) is 3.17. The number of halogens is 1. The number of likely N-dealkylation sites (N-methyl/N-ethyl adjacent to an activating group) is 1. The lowest BCUT2D eigenvalue weighted by molar-refractivity contribution is 0.0930. The summed E-state index contributed by atoms with van der Waals surface area (Å²) in [6.45, 7) is 9.16. The van der Waals surface area contributed by atoms with Crippen LogP contribution in [0.25, 0.3) is 0 Å². The van der Waals surface area contributed by atoms with Crippen LogP contribution in [0.5, 0.6) is 0 Å². The lowest BCUT2D eigenvalue weighted by atomic mass is 10.1. The van der Waals surface area contributed by atoms with Gasteiger partial charge >= 0.3 is 0 Å². The predicted octanol–water partition coefficient (Wildman–Crippen LogP) is 2.89. The SMILES string of the molecule is CCN(CC)CC(C)NC(=O)c1ccc(CCl)cc1. The van der Waals surface area contributed by atoms with Gasteiger partial charge in [-0.1, -0.05) is 26.0 Å². The van der Waals surface area contributed by atoms with E-state index in [9.17, 15) is 4.79 Å². The Labute approximate surface area is 120 Å². The molecule has 1 rings (SSSR count). The Balaban J connectivity index is 2.53. The van der Waals surface area contributed by atoms with Crippen molar-refractivity contribution in [2.45, 2.75) is 32.7 Å². The van der Waals surface area contributed by atoms with Crippen molar-refractivity contribution in [3.05, 3.63) is 35.4 Å². The van der Waals surface area contributed by atoms with E-state index in [2.05, 4.69) is 24.1 Å². The third-order valence-corrected chi connectivity index (χ3v) is 3.48. The molecule has 1 unspecified atom stereocenters. The first kappa shape index (κ1) is 16.0. The highest BCUT2D eigenvalue weighted by molar-refractivity contribution is 6.17. The van der Waals surface area contributed by atoms with Gasteiger partial charge in [0.05, 0.1) is 0 Å². The number of benzene rings is 1. The van der Waals surface area contributed by atoms with Gasteiger partial charge in [0.1, 0.15) is 0 Å². The number of alkyl halides is 1. The number of carbonyl (C=O) groups is 1. The molecule has 0 saturated carbocycles. The van der Waals surface area contributed by atoms with Gasteiger partial charge in [0.25, 0.3) is 5.91 Å². The van der Waals surface area contributed by atoms with Gasteiger partial charge in [0, 0.05) is 24.0 Å². The van der Waals surface area contributed by atoms with Gasteiger partial charge in [-0.2, -0.15) is 0 Å². The first-order chi connectivity index (χ1) is 9.10. The van der Waals surface area contributed by atoms with Gasteiger partial charge in [-0.15, -0.1) is 11.6 Å². The zero-order chi connectivity index (χ0) is 14.3. The molecule has 0 aliphatic heterocycles. The summed E-state index contributed by atoms with van der Waals surface area (Å²) in [5.74, 6) is 0.445. The highest BCUT2D eigenvalue weighted by atomic mass is 35.5. The molecule has 4 heteroatoms. The average Bonchev–Trinajstić information content (AvgIpc) is 2.44. The monoisotopic (exact) mass is 282 g/mol. The van der Waals surface area contributed by atoms with E-state index < -0.39 is 0 Å². The Morgan fingerprint density at radius 2 is 1.84 bits per heavy atom. The molecule has 0 aliphatic rings. The van der Waals surface area contributed by atoms with Crippen LogP contribution in [-0.4, -0.2) is 36.5 Å². The second kappa shape index (κ2) is 8.18. The largest absolute Gasteiger partial charge is 0.348 e. The summed E-state index contributed by atoms with van der Waals surface area (Å²) in [6, 6.07) is 7.54. The fourth-order valence-electron chi connectivity index (χ4n) is 1.97. The molecule has 0 bridgehead atoms. The number of nitrogens with zero attached hydrogens (tertiary/aromatic N) is 1. The van der Waals surface area contributed by atoms with Crippen molar-refractivity contribution < 1.29 is 4.79 Å².